The van der Waals surface area contributed by atoms with Gasteiger partial charge >= 0.3 is 0 Å². The van der Waals surface area contributed by atoms with Crippen molar-refractivity contribution in [3.8, 4) is 0 Å². The second-order valence-corrected chi connectivity index (χ2v) is 17.1. The molecular weight excluding hydrogens is 390 g/mol. The first kappa shape index (κ1) is 20.2. The molecule has 0 aromatic carbocycles. The van der Waals surface area contributed by atoms with Crippen LogP contribution in [0.2, 0.25) is 24.2 Å². The Hall–Kier alpha value is -1.38. The molecule has 0 aromatic rings. The van der Waals surface area contributed by atoms with Gasteiger partial charge in [-0.25, -0.2) is 0 Å². The fourth-order valence-electron chi connectivity index (χ4n) is 9.23. The van der Waals surface area contributed by atoms with Gasteiger partial charge in [-0.3, -0.25) is 4.90 Å². The Morgan fingerprint density at radius 2 is 1.48 bits per heavy atom. The quantitative estimate of drug-likeness (QED) is 0.445. The molecule has 3 fully saturated rings. The number of hydrogen-bond donors (Lipinski definition) is 0. The van der Waals surface area contributed by atoms with Crippen LogP contribution in [0.3, 0.4) is 0 Å². The molecule has 2 heteroatoms. The lowest BCUT2D eigenvalue weighted by atomic mass is 9.83. The van der Waals surface area contributed by atoms with E-state index in [2.05, 4.69) is 106 Å². The molecule has 164 valence electrons. The van der Waals surface area contributed by atoms with Gasteiger partial charge in [0.1, 0.15) is 0 Å². The van der Waals surface area contributed by atoms with Crippen LogP contribution in [-0.4, -0.2) is 32.1 Å². The highest BCUT2D eigenvalue weighted by molar-refractivity contribution is 6.80. The summed E-state index contributed by atoms with van der Waals surface area (Å²) in [7, 11) is 0.861. The highest BCUT2D eigenvalue weighted by Crippen LogP contribution is 2.66. The summed E-state index contributed by atoms with van der Waals surface area (Å²) in [4.78, 5) is 2.77. The number of allylic oxidation sites excluding steroid dienone is 9. The van der Waals surface area contributed by atoms with Crippen molar-refractivity contribution in [3.63, 3.8) is 0 Å². The highest BCUT2D eigenvalue weighted by Gasteiger charge is 2.65. The van der Waals surface area contributed by atoms with Crippen LogP contribution in [-0.2, 0) is 0 Å². The molecule has 1 saturated heterocycles. The first-order valence-electron chi connectivity index (χ1n) is 12.7. The molecule has 1 heterocycles. The van der Waals surface area contributed by atoms with Crippen LogP contribution >= 0.6 is 0 Å². The second-order valence-electron chi connectivity index (χ2n) is 12.1. The van der Waals surface area contributed by atoms with Crippen LogP contribution in [0.1, 0.15) is 20.3 Å². The summed E-state index contributed by atoms with van der Waals surface area (Å²) in [5.74, 6) is 5.31. The zero-order valence-electron chi connectivity index (χ0n) is 19.9. The van der Waals surface area contributed by atoms with Gasteiger partial charge in [-0.2, -0.15) is 0 Å². The Bertz CT molecular complexity index is 932. The van der Waals surface area contributed by atoms with Crippen molar-refractivity contribution in [1.29, 1.82) is 0 Å². The van der Waals surface area contributed by atoms with E-state index in [1.165, 1.54) is 12.0 Å². The number of nitrogens with zero attached hydrogens (tertiary/aromatic N) is 1. The summed E-state index contributed by atoms with van der Waals surface area (Å²) in [6, 6.07) is 1.29. The Morgan fingerprint density at radius 3 is 2.23 bits per heavy atom. The first-order valence-corrected chi connectivity index (χ1v) is 15.8. The van der Waals surface area contributed by atoms with Crippen LogP contribution in [0.4, 0.5) is 0 Å². The van der Waals surface area contributed by atoms with E-state index < -0.39 is 8.07 Å². The van der Waals surface area contributed by atoms with Crippen LogP contribution in [0.15, 0.2) is 72.4 Å². The maximum atomic E-state index is 2.79. The Labute approximate surface area is 190 Å². The lowest BCUT2D eigenvalue weighted by Crippen LogP contribution is -2.46. The van der Waals surface area contributed by atoms with E-state index in [9.17, 15) is 0 Å². The van der Waals surface area contributed by atoms with Crippen LogP contribution in [0, 0.1) is 41.4 Å². The minimum Gasteiger partial charge on any atom is -0.296 e. The van der Waals surface area contributed by atoms with Gasteiger partial charge in [0.15, 0.2) is 0 Å². The number of fused-ring (bicyclic) bond motifs is 6. The van der Waals surface area contributed by atoms with E-state index in [-0.39, 0.29) is 0 Å². The molecule has 1 aliphatic heterocycles. The third kappa shape index (κ3) is 2.77. The van der Waals surface area contributed by atoms with Crippen LogP contribution < -0.4 is 0 Å². The minimum absolute atomic E-state index is 0.596. The van der Waals surface area contributed by atoms with Gasteiger partial charge in [0, 0.05) is 18.0 Å². The summed E-state index contributed by atoms with van der Waals surface area (Å²) >= 11 is 0. The Balaban J connectivity index is 1.43. The molecular formula is C29H39NSi. The maximum Gasteiger partial charge on any atom is 0.0551 e. The lowest BCUT2D eigenvalue weighted by molar-refractivity contribution is 0.219. The van der Waals surface area contributed by atoms with Crippen molar-refractivity contribution in [2.75, 3.05) is 7.05 Å². The van der Waals surface area contributed by atoms with E-state index >= 15 is 0 Å². The Kier molecular flexibility index (Phi) is 4.61. The molecule has 2 saturated carbocycles. The number of likely N-dealkylation sites (N-methyl/N-ethyl adjacent to an activating group) is 1. The number of rotatable bonds is 2. The lowest BCUT2D eigenvalue weighted by Gasteiger charge is -2.45. The normalized spacial score (nSPS) is 49.7. The molecule has 0 bridgehead atoms. The van der Waals surface area contributed by atoms with Crippen molar-refractivity contribution >= 4 is 8.07 Å². The number of likely N-dealkylation sites (tertiary alicyclic amines) is 1. The number of hydrogen-bond acceptors (Lipinski definition) is 1. The van der Waals surface area contributed by atoms with E-state index in [1.54, 1.807) is 0 Å². The van der Waals surface area contributed by atoms with Gasteiger partial charge in [-0.1, -0.05) is 92.4 Å². The third-order valence-electron chi connectivity index (χ3n) is 10.4. The zero-order valence-corrected chi connectivity index (χ0v) is 20.9. The molecule has 1 nitrogen and oxygen atoms in total. The standard InChI is InChI=1S/C29H39NSi/c1-18-14-15-25-24(16-18)27-28(30(25)3)22-12-8-9-13-23(22)29(27)31(4,5)26-17-19(2)20-10-6-7-11-21(20)26/h6-16,19-29H,17H2,1-5H3. The van der Waals surface area contributed by atoms with Crippen molar-refractivity contribution in [2.45, 2.75) is 56.5 Å². The van der Waals surface area contributed by atoms with E-state index in [0.717, 1.165) is 40.7 Å². The van der Waals surface area contributed by atoms with Crippen molar-refractivity contribution in [3.05, 3.63) is 72.4 Å². The fraction of sp³-hybridized carbons (Fsp3) is 0.586. The van der Waals surface area contributed by atoms with E-state index in [0.29, 0.717) is 23.9 Å². The average molecular weight is 430 g/mol. The fourth-order valence-corrected chi connectivity index (χ4v) is 14.8. The molecule has 11 unspecified atom stereocenters. The average Bonchev–Trinajstić information content (AvgIpc) is 3.38. The molecule has 6 rings (SSSR count). The van der Waals surface area contributed by atoms with Crippen LogP contribution in [0.25, 0.3) is 0 Å². The highest BCUT2D eigenvalue weighted by atomic mass is 28.3. The van der Waals surface area contributed by atoms with Crippen molar-refractivity contribution in [2.24, 2.45) is 41.4 Å². The second kappa shape index (κ2) is 7.06. The topological polar surface area (TPSA) is 3.24 Å². The monoisotopic (exact) mass is 429 g/mol. The third-order valence-corrected chi connectivity index (χ3v) is 15.4. The van der Waals surface area contributed by atoms with E-state index in [4.69, 9.17) is 0 Å². The summed E-state index contributed by atoms with van der Waals surface area (Å²) < 4.78 is 0. The molecule has 5 aliphatic carbocycles. The smallest absolute Gasteiger partial charge is 0.0551 e. The van der Waals surface area contributed by atoms with Crippen LogP contribution in [0.5, 0.6) is 0 Å². The van der Waals surface area contributed by atoms with Gasteiger partial charge in [-0.05, 0) is 67.0 Å². The molecule has 0 radical (unpaired) electrons. The Morgan fingerprint density at radius 1 is 0.839 bits per heavy atom. The van der Waals surface area contributed by atoms with Crippen molar-refractivity contribution in [1.82, 2.24) is 4.90 Å². The molecule has 0 aromatic heterocycles. The summed E-state index contributed by atoms with van der Waals surface area (Å²) in [6.07, 6.45) is 28.6. The predicted octanol–water partition coefficient (Wildman–Crippen LogP) is 6.64. The molecule has 0 amide bonds. The molecule has 11 atom stereocenters. The van der Waals surface area contributed by atoms with Gasteiger partial charge in [0.25, 0.3) is 0 Å². The SMILES string of the molecule is CC1=CC2C3C(C4C=CC=CC4C3[Si](C)(C)C3CC(C)C4C=CC=CC43)N(C)C2C=C1. The van der Waals surface area contributed by atoms with Gasteiger partial charge in [0.05, 0.1) is 8.07 Å². The predicted molar refractivity (Wildman–Crippen MR) is 134 cm³/mol. The maximum absolute atomic E-state index is 2.79. The minimum atomic E-state index is -1.56. The molecule has 6 aliphatic rings. The largest absolute Gasteiger partial charge is 0.296 e. The van der Waals surface area contributed by atoms with Gasteiger partial charge < -0.3 is 0 Å². The van der Waals surface area contributed by atoms with Gasteiger partial charge in [0.2, 0.25) is 0 Å². The summed E-state index contributed by atoms with van der Waals surface area (Å²) in [5, 5.41) is 0. The summed E-state index contributed by atoms with van der Waals surface area (Å²) in [5.41, 5.74) is 3.25. The zero-order chi connectivity index (χ0) is 21.5. The van der Waals surface area contributed by atoms with Gasteiger partial charge in [-0.15, -0.1) is 0 Å². The summed E-state index contributed by atoms with van der Waals surface area (Å²) in [6.45, 7) is 10.4. The molecule has 0 spiro atoms. The van der Waals surface area contributed by atoms with Crippen molar-refractivity contribution < 1.29 is 0 Å². The van der Waals surface area contributed by atoms with E-state index in [1.807, 2.05) is 0 Å². The molecule has 0 N–H and O–H groups in total. The first-order chi connectivity index (χ1) is 14.9. The molecule has 31 heavy (non-hydrogen) atoms.